The third-order valence-electron chi connectivity index (χ3n) is 4.26. The molecule has 0 aliphatic heterocycles. The molecule has 4 rings (SSSR count). The molecule has 2 aromatic heterocycles. The Bertz CT molecular complexity index is 1080. The molecule has 0 atom stereocenters. The van der Waals surface area contributed by atoms with Crippen molar-refractivity contribution in [3.63, 3.8) is 0 Å². The number of ether oxygens (including phenoxy) is 2. The molecule has 0 radical (unpaired) electrons. The normalized spacial score (nSPS) is 10.7. The zero-order valence-corrected chi connectivity index (χ0v) is 16.6. The van der Waals surface area contributed by atoms with Gasteiger partial charge >= 0.3 is 0 Å². The molecule has 0 fully saturated rings. The summed E-state index contributed by atoms with van der Waals surface area (Å²) in [5, 5.41) is 0.621. The van der Waals surface area contributed by atoms with Gasteiger partial charge in [-0.1, -0.05) is 35.6 Å². The van der Waals surface area contributed by atoms with Crippen molar-refractivity contribution < 1.29 is 14.3 Å². The number of carbonyl (C=O) groups is 1. The fourth-order valence-corrected chi connectivity index (χ4v) is 3.79. The van der Waals surface area contributed by atoms with Crippen molar-refractivity contribution in [2.24, 2.45) is 0 Å². The van der Waals surface area contributed by atoms with Crippen LogP contribution in [0, 0.1) is 0 Å². The maximum atomic E-state index is 13.1. The highest BCUT2D eigenvalue weighted by Gasteiger charge is 2.21. The Morgan fingerprint density at radius 2 is 1.86 bits per heavy atom. The summed E-state index contributed by atoms with van der Waals surface area (Å²) < 4.78 is 11.9. The Morgan fingerprint density at radius 3 is 2.66 bits per heavy atom. The third kappa shape index (κ3) is 4.52. The molecule has 2 heterocycles. The van der Waals surface area contributed by atoms with Crippen molar-refractivity contribution in [1.29, 1.82) is 0 Å². The van der Waals surface area contributed by atoms with E-state index in [-0.39, 0.29) is 12.5 Å². The largest absolute Gasteiger partial charge is 0.497 e. The second-order valence-electron chi connectivity index (χ2n) is 6.23. The topological polar surface area (TPSA) is 64.6 Å². The number of benzene rings is 2. The Hall–Kier alpha value is -3.45. The lowest BCUT2D eigenvalue weighted by atomic mass is 10.3. The summed E-state index contributed by atoms with van der Waals surface area (Å²) in [6.45, 7) is 0.205. The molecule has 0 bridgehead atoms. The average Bonchev–Trinajstić information content (AvgIpc) is 3.20. The van der Waals surface area contributed by atoms with Crippen LogP contribution >= 0.6 is 11.3 Å². The molecule has 0 aliphatic rings. The number of para-hydroxylation sites is 1. The van der Waals surface area contributed by atoms with Crippen molar-refractivity contribution in [2.75, 3.05) is 18.6 Å². The van der Waals surface area contributed by atoms with Crippen LogP contribution in [0.1, 0.15) is 5.69 Å². The Morgan fingerprint density at radius 1 is 1.03 bits per heavy atom. The lowest BCUT2D eigenvalue weighted by Crippen LogP contribution is -2.34. The molecular formula is C22H19N3O3S. The number of anilines is 1. The second kappa shape index (κ2) is 8.70. The van der Waals surface area contributed by atoms with E-state index in [0.29, 0.717) is 23.2 Å². The van der Waals surface area contributed by atoms with E-state index in [4.69, 9.17) is 9.47 Å². The van der Waals surface area contributed by atoms with Gasteiger partial charge in [-0.25, -0.2) is 4.98 Å². The standard InChI is InChI=1S/C22H19N3O3S/c1-27-17-8-6-9-18(13-17)28-15-21(26)25(14-16-7-4-5-12-23-16)22-24-19-10-2-3-11-20(19)29-22/h2-13H,14-15H2,1H3. The van der Waals surface area contributed by atoms with E-state index in [1.165, 1.54) is 11.3 Å². The molecule has 0 spiro atoms. The summed E-state index contributed by atoms with van der Waals surface area (Å²) in [4.78, 5) is 23.7. The first kappa shape index (κ1) is 18.9. The van der Waals surface area contributed by atoms with E-state index in [1.807, 2.05) is 54.6 Å². The number of hydrogen-bond donors (Lipinski definition) is 0. The van der Waals surface area contributed by atoms with Gasteiger partial charge in [-0.2, -0.15) is 0 Å². The number of pyridine rings is 1. The molecule has 0 saturated heterocycles. The summed E-state index contributed by atoms with van der Waals surface area (Å²) >= 11 is 1.47. The van der Waals surface area contributed by atoms with Gasteiger partial charge in [-0.05, 0) is 36.4 Å². The zero-order valence-electron chi connectivity index (χ0n) is 15.8. The van der Waals surface area contributed by atoms with Crippen molar-refractivity contribution in [2.45, 2.75) is 6.54 Å². The van der Waals surface area contributed by atoms with Crippen LogP contribution < -0.4 is 14.4 Å². The first-order valence-corrected chi connectivity index (χ1v) is 9.87. The van der Waals surface area contributed by atoms with E-state index < -0.39 is 0 Å². The summed E-state index contributed by atoms with van der Waals surface area (Å²) in [6.07, 6.45) is 1.71. The van der Waals surface area contributed by atoms with E-state index in [9.17, 15) is 4.79 Å². The number of fused-ring (bicyclic) bond motifs is 1. The van der Waals surface area contributed by atoms with Gasteiger partial charge in [0.25, 0.3) is 5.91 Å². The number of thiazole rings is 1. The Kier molecular flexibility index (Phi) is 5.67. The summed E-state index contributed by atoms with van der Waals surface area (Å²) in [5.74, 6) is 1.05. The molecule has 0 saturated carbocycles. The molecule has 0 unspecified atom stereocenters. The van der Waals surface area contributed by atoms with Crippen molar-refractivity contribution in [3.8, 4) is 11.5 Å². The van der Waals surface area contributed by atoms with Crippen LogP contribution in [0.4, 0.5) is 5.13 Å². The fraction of sp³-hybridized carbons (Fsp3) is 0.136. The molecule has 7 heteroatoms. The summed E-state index contributed by atoms with van der Waals surface area (Å²) in [6, 6.07) is 20.6. The SMILES string of the molecule is COc1cccc(OCC(=O)N(Cc2ccccn2)c2nc3ccccc3s2)c1. The van der Waals surface area contributed by atoms with Gasteiger partial charge in [-0.15, -0.1) is 0 Å². The van der Waals surface area contributed by atoms with Crippen LogP contribution in [0.15, 0.2) is 72.9 Å². The maximum Gasteiger partial charge on any atom is 0.267 e. The predicted molar refractivity (Wildman–Crippen MR) is 114 cm³/mol. The van der Waals surface area contributed by atoms with Crippen LogP contribution in [-0.4, -0.2) is 29.6 Å². The number of amides is 1. The fourth-order valence-electron chi connectivity index (χ4n) is 2.81. The van der Waals surface area contributed by atoms with Crippen molar-refractivity contribution in [3.05, 3.63) is 78.6 Å². The highest BCUT2D eigenvalue weighted by Crippen LogP contribution is 2.29. The number of hydrogen-bond acceptors (Lipinski definition) is 6. The first-order valence-electron chi connectivity index (χ1n) is 9.05. The number of aromatic nitrogens is 2. The van der Waals surface area contributed by atoms with E-state index in [0.717, 1.165) is 15.9 Å². The molecule has 2 aromatic carbocycles. The van der Waals surface area contributed by atoms with Crippen molar-refractivity contribution in [1.82, 2.24) is 9.97 Å². The first-order chi connectivity index (χ1) is 14.2. The maximum absolute atomic E-state index is 13.1. The molecule has 0 N–H and O–H groups in total. The molecule has 4 aromatic rings. The average molecular weight is 405 g/mol. The van der Waals surface area contributed by atoms with Crippen LogP contribution in [0.25, 0.3) is 10.2 Å². The van der Waals surface area contributed by atoms with Gasteiger partial charge in [0.1, 0.15) is 11.5 Å². The minimum absolute atomic E-state index is 0.115. The Labute approximate surface area is 172 Å². The van der Waals surface area contributed by atoms with Gasteiger partial charge in [0.2, 0.25) is 0 Å². The van der Waals surface area contributed by atoms with Gasteiger partial charge in [0.15, 0.2) is 11.7 Å². The van der Waals surface area contributed by atoms with Crippen LogP contribution in [0.5, 0.6) is 11.5 Å². The lowest BCUT2D eigenvalue weighted by molar-refractivity contribution is -0.120. The summed E-state index contributed by atoms with van der Waals surface area (Å²) in [7, 11) is 1.59. The van der Waals surface area contributed by atoms with Gasteiger partial charge in [0.05, 0.1) is 29.6 Å². The van der Waals surface area contributed by atoms with Gasteiger partial charge < -0.3 is 9.47 Å². The number of methoxy groups -OCH3 is 1. The minimum atomic E-state index is -0.197. The van der Waals surface area contributed by atoms with E-state index in [1.54, 1.807) is 30.3 Å². The number of rotatable bonds is 7. The monoisotopic (exact) mass is 405 g/mol. The van der Waals surface area contributed by atoms with Gasteiger partial charge in [-0.3, -0.25) is 14.7 Å². The highest BCUT2D eigenvalue weighted by atomic mass is 32.1. The van der Waals surface area contributed by atoms with E-state index in [2.05, 4.69) is 9.97 Å². The second-order valence-corrected chi connectivity index (χ2v) is 7.24. The molecule has 6 nitrogen and oxygen atoms in total. The summed E-state index contributed by atoms with van der Waals surface area (Å²) in [5.41, 5.74) is 1.64. The number of nitrogens with zero attached hydrogens (tertiary/aromatic N) is 3. The Balaban J connectivity index is 1.57. The van der Waals surface area contributed by atoms with Crippen molar-refractivity contribution >= 4 is 32.6 Å². The minimum Gasteiger partial charge on any atom is -0.497 e. The van der Waals surface area contributed by atoms with E-state index >= 15 is 0 Å². The van der Waals surface area contributed by atoms with Crippen LogP contribution in [0.3, 0.4) is 0 Å². The molecule has 146 valence electrons. The smallest absolute Gasteiger partial charge is 0.267 e. The van der Waals surface area contributed by atoms with Crippen LogP contribution in [0.2, 0.25) is 0 Å². The third-order valence-corrected chi connectivity index (χ3v) is 5.32. The lowest BCUT2D eigenvalue weighted by Gasteiger charge is -2.19. The molecule has 29 heavy (non-hydrogen) atoms. The molecule has 0 aliphatic carbocycles. The highest BCUT2D eigenvalue weighted by molar-refractivity contribution is 7.22. The zero-order chi connectivity index (χ0) is 20.1. The quantitative estimate of drug-likeness (QED) is 0.458. The van der Waals surface area contributed by atoms with Gasteiger partial charge in [0, 0.05) is 12.3 Å². The molecular weight excluding hydrogens is 386 g/mol. The van der Waals surface area contributed by atoms with Crippen LogP contribution in [-0.2, 0) is 11.3 Å². The molecule has 1 amide bonds. The number of carbonyl (C=O) groups excluding carboxylic acids is 1. The predicted octanol–water partition coefficient (Wildman–Crippen LogP) is 4.31.